The number of rotatable bonds is 5. The molecule has 1 unspecified atom stereocenters. The summed E-state index contributed by atoms with van der Waals surface area (Å²) in [5.41, 5.74) is 1.30. The Labute approximate surface area is 102 Å². The van der Waals surface area contributed by atoms with E-state index in [1.165, 1.54) is 5.56 Å². The van der Waals surface area contributed by atoms with Gasteiger partial charge in [0.25, 0.3) is 0 Å². The maximum atomic E-state index is 11.0. The standard InChI is InChI=1S/C12H17NO2.ClH/c1-10(12(14)15-13)6-5-9-11-7-3-2-4-8-11;/h2-4,7-8,10H,5-6,9,13H2,1H3;1H. The number of nitrogens with two attached hydrogens (primary N) is 1. The topological polar surface area (TPSA) is 52.3 Å². The minimum absolute atomic E-state index is 0. The quantitative estimate of drug-likeness (QED) is 0.809. The van der Waals surface area contributed by atoms with Crippen LogP contribution in [0.3, 0.4) is 0 Å². The summed E-state index contributed by atoms with van der Waals surface area (Å²) < 4.78 is 0. The SMILES string of the molecule is CC(CCCc1ccccc1)C(=O)ON.Cl. The molecule has 0 saturated carbocycles. The zero-order valence-electron chi connectivity index (χ0n) is 9.39. The van der Waals surface area contributed by atoms with Crippen molar-refractivity contribution in [2.24, 2.45) is 11.8 Å². The Morgan fingerprint density at radius 3 is 2.56 bits per heavy atom. The van der Waals surface area contributed by atoms with Crippen LogP contribution in [-0.2, 0) is 16.1 Å². The first kappa shape index (κ1) is 14.9. The molecular formula is C12H18ClNO2. The van der Waals surface area contributed by atoms with Gasteiger partial charge in [-0.3, -0.25) is 4.79 Å². The molecule has 0 aliphatic carbocycles. The van der Waals surface area contributed by atoms with E-state index in [1.54, 1.807) is 0 Å². The molecule has 2 N–H and O–H groups in total. The van der Waals surface area contributed by atoms with Crippen LogP contribution in [0.25, 0.3) is 0 Å². The molecule has 0 radical (unpaired) electrons. The summed E-state index contributed by atoms with van der Waals surface area (Å²) >= 11 is 0. The second-order valence-electron chi connectivity index (χ2n) is 3.72. The average molecular weight is 244 g/mol. The maximum absolute atomic E-state index is 11.0. The minimum Gasteiger partial charge on any atom is -0.373 e. The maximum Gasteiger partial charge on any atom is 0.327 e. The first-order chi connectivity index (χ1) is 7.24. The van der Waals surface area contributed by atoms with Gasteiger partial charge in [0.05, 0.1) is 5.92 Å². The summed E-state index contributed by atoms with van der Waals surface area (Å²) in [4.78, 5) is 15.2. The molecule has 0 amide bonds. The number of hydrogen-bond donors (Lipinski definition) is 1. The van der Waals surface area contributed by atoms with Crippen molar-refractivity contribution < 1.29 is 9.63 Å². The Balaban J connectivity index is 0.00000225. The lowest BCUT2D eigenvalue weighted by molar-refractivity contribution is -0.148. The summed E-state index contributed by atoms with van der Waals surface area (Å²) in [5.74, 6) is 4.36. The van der Waals surface area contributed by atoms with Crippen LogP contribution in [-0.4, -0.2) is 5.97 Å². The fourth-order valence-corrected chi connectivity index (χ4v) is 1.49. The van der Waals surface area contributed by atoms with Gasteiger partial charge in [-0.2, -0.15) is 5.90 Å². The van der Waals surface area contributed by atoms with Gasteiger partial charge in [-0.15, -0.1) is 12.4 Å². The third-order valence-electron chi connectivity index (χ3n) is 2.46. The predicted molar refractivity (Wildman–Crippen MR) is 66.1 cm³/mol. The fraction of sp³-hybridized carbons (Fsp3) is 0.417. The van der Waals surface area contributed by atoms with E-state index in [1.807, 2.05) is 25.1 Å². The third-order valence-corrected chi connectivity index (χ3v) is 2.46. The Bertz CT molecular complexity index is 303. The number of benzene rings is 1. The normalized spacial score (nSPS) is 11.4. The van der Waals surface area contributed by atoms with Gasteiger partial charge in [-0.25, -0.2) is 0 Å². The molecule has 0 spiro atoms. The molecule has 1 rings (SSSR count). The molecule has 1 atom stereocenters. The largest absolute Gasteiger partial charge is 0.373 e. The van der Waals surface area contributed by atoms with Crippen molar-refractivity contribution in [1.29, 1.82) is 0 Å². The van der Waals surface area contributed by atoms with Crippen LogP contribution in [0, 0.1) is 5.92 Å². The Hall–Kier alpha value is -1.06. The van der Waals surface area contributed by atoms with E-state index in [2.05, 4.69) is 17.0 Å². The van der Waals surface area contributed by atoms with Crippen molar-refractivity contribution >= 4 is 18.4 Å². The molecule has 0 bridgehead atoms. The molecule has 0 fully saturated rings. The summed E-state index contributed by atoms with van der Waals surface area (Å²) in [6, 6.07) is 10.2. The molecule has 0 heterocycles. The lowest BCUT2D eigenvalue weighted by atomic mass is 10.0. The van der Waals surface area contributed by atoms with Crippen LogP contribution in [0.5, 0.6) is 0 Å². The highest BCUT2D eigenvalue weighted by atomic mass is 35.5. The number of hydrogen-bond acceptors (Lipinski definition) is 3. The van der Waals surface area contributed by atoms with E-state index in [0.717, 1.165) is 19.3 Å². The molecule has 16 heavy (non-hydrogen) atoms. The fourth-order valence-electron chi connectivity index (χ4n) is 1.49. The molecule has 3 nitrogen and oxygen atoms in total. The van der Waals surface area contributed by atoms with Crippen molar-refractivity contribution in [3.05, 3.63) is 35.9 Å². The van der Waals surface area contributed by atoms with E-state index >= 15 is 0 Å². The molecule has 90 valence electrons. The van der Waals surface area contributed by atoms with Crippen LogP contribution in [0.2, 0.25) is 0 Å². The third kappa shape index (κ3) is 5.14. The van der Waals surface area contributed by atoms with Crippen LogP contribution in [0.15, 0.2) is 30.3 Å². The first-order valence-corrected chi connectivity index (χ1v) is 5.18. The highest BCUT2D eigenvalue weighted by molar-refractivity contribution is 5.85. The molecule has 4 heteroatoms. The molecule has 0 aromatic heterocycles. The van der Waals surface area contributed by atoms with E-state index in [4.69, 9.17) is 5.90 Å². The predicted octanol–water partition coefficient (Wildman–Crippen LogP) is 2.48. The summed E-state index contributed by atoms with van der Waals surface area (Å²) in [6.45, 7) is 1.83. The van der Waals surface area contributed by atoms with Gasteiger partial charge in [0.1, 0.15) is 0 Å². The molecule has 0 aliphatic heterocycles. The lowest BCUT2D eigenvalue weighted by Gasteiger charge is -2.07. The van der Waals surface area contributed by atoms with Gasteiger partial charge >= 0.3 is 5.97 Å². The monoisotopic (exact) mass is 243 g/mol. The molecule has 1 aromatic carbocycles. The highest BCUT2D eigenvalue weighted by Crippen LogP contribution is 2.11. The van der Waals surface area contributed by atoms with E-state index < -0.39 is 0 Å². The number of carbonyl (C=O) groups is 1. The van der Waals surface area contributed by atoms with Gasteiger partial charge in [0.2, 0.25) is 0 Å². The van der Waals surface area contributed by atoms with Gasteiger partial charge in [0.15, 0.2) is 0 Å². The van der Waals surface area contributed by atoms with Crippen molar-refractivity contribution in [2.45, 2.75) is 26.2 Å². The number of carbonyl (C=O) groups excluding carboxylic acids is 1. The molecular weight excluding hydrogens is 226 g/mol. The molecule has 0 aliphatic rings. The Morgan fingerprint density at radius 1 is 1.38 bits per heavy atom. The average Bonchev–Trinajstić information content (AvgIpc) is 2.29. The van der Waals surface area contributed by atoms with Gasteiger partial charge in [0, 0.05) is 0 Å². The van der Waals surface area contributed by atoms with Crippen LogP contribution in [0.4, 0.5) is 0 Å². The van der Waals surface area contributed by atoms with E-state index in [-0.39, 0.29) is 24.3 Å². The summed E-state index contributed by atoms with van der Waals surface area (Å²) in [6.07, 6.45) is 2.77. The minimum atomic E-state index is -0.330. The first-order valence-electron chi connectivity index (χ1n) is 5.18. The van der Waals surface area contributed by atoms with Gasteiger partial charge in [-0.05, 0) is 24.8 Å². The second kappa shape index (κ2) is 8.13. The van der Waals surface area contributed by atoms with E-state index in [0.29, 0.717) is 0 Å². The number of aryl methyl sites for hydroxylation is 1. The molecule has 0 saturated heterocycles. The Kier molecular flexibility index (Phi) is 7.60. The van der Waals surface area contributed by atoms with Crippen LogP contribution >= 0.6 is 12.4 Å². The smallest absolute Gasteiger partial charge is 0.327 e. The van der Waals surface area contributed by atoms with Crippen molar-refractivity contribution in [3.8, 4) is 0 Å². The van der Waals surface area contributed by atoms with Crippen molar-refractivity contribution in [2.75, 3.05) is 0 Å². The lowest BCUT2D eigenvalue weighted by Crippen LogP contribution is -2.18. The zero-order valence-corrected chi connectivity index (χ0v) is 10.2. The number of halogens is 1. The summed E-state index contributed by atoms with van der Waals surface area (Å²) in [7, 11) is 0. The van der Waals surface area contributed by atoms with Crippen LogP contribution in [0.1, 0.15) is 25.3 Å². The Morgan fingerprint density at radius 2 is 2.00 bits per heavy atom. The van der Waals surface area contributed by atoms with Crippen LogP contribution < -0.4 is 5.90 Å². The van der Waals surface area contributed by atoms with Crippen molar-refractivity contribution in [3.63, 3.8) is 0 Å². The van der Waals surface area contributed by atoms with E-state index in [9.17, 15) is 4.79 Å². The molecule has 1 aromatic rings. The van der Waals surface area contributed by atoms with Gasteiger partial charge < -0.3 is 4.84 Å². The second-order valence-corrected chi connectivity index (χ2v) is 3.72. The van der Waals surface area contributed by atoms with Gasteiger partial charge in [-0.1, -0.05) is 37.3 Å². The highest BCUT2D eigenvalue weighted by Gasteiger charge is 2.12. The van der Waals surface area contributed by atoms with Crippen molar-refractivity contribution in [1.82, 2.24) is 0 Å². The summed E-state index contributed by atoms with van der Waals surface area (Å²) in [5, 5.41) is 0. The zero-order chi connectivity index (χ0) is 11.1.